The van der Waals surface area contributed by atoms with Gasteiger partial charge in [0.2, 0.25) is 0 Å². The molecule has 0 radical (unpaired) electrons. The molecule has 2 heterocycles. The fourth-order valence-corrected chi connectivity index (χ4v) is 7.32. The van der Waals surface area contributed by atoms with Crippen LogP contribution in [0.1, 0.15) is 94.2 Å². The Balaban J connectivity index is 1.06. The molecule has 2 aliphatic heterocycles. The highest BCUT2D eigenvalue weighted by atomic mass is 16.7. The van der Waals surface area contributed by atoms with Crippen molar-refractivity contribution >= 4 is 0 Å². The molecule has 2 atom stereocenters. The topological polar surface area (TPSA) is 36.9 Å². The molecule has 0 amide bonds. The van der Waals surface area contributed by atoms with Crippen molar-refractivity contribution in [3.63, 3.8) is 0 Å². The van der Waals surface area contributed by atoms with E-state index in [9.17, 15) is 0 Å². The van der Waals surface area contributed by atoms with Crippen molar-refractivity contribution in [1.82, 2.24) is 0 Å². The molecule has 0 N–H and O–H groups in total. The minimum atomic E-state index is -0.0872. The Kier molecular flexibility index (Phi) is 12.2. The average Bonchev–Trinajstić information content (AvgIpc) is 3.17. The van der Waals surface area contributed by atoms with Crippen LogP contribution in [0.15, 0.2) is 121 Å². The Labute approximate surface area is 298 Å². The van der Waals surface area contributed by atoms with Crippen LogP contribution in [0.4, 0.5) is 0 Å². The summed E-state index contributed by atoms with van der Waals surface area (Å²) in [5, 5.41) is 0. The first kappa shape index (κ1) is 34.4. The highest BCUT2D eigenvalue weighted by Gasteiger charge is 2.17. The van der Waals surface area contributed by atoms with Gasteiger partial charge in [-0.05, 0) is 120 Å². The van der Waals surface area contributed by atoms with Crippen molar-refractivity contribution in [2.45, 2.75) is 90.0 Å². The normalized spacial score (nSPS) is 17.8. The lowest BCUT2D eigenvalue weighted by Gasteiger charge is -2.23. The Morgan fingerprint density at radius 3 is 0.880 bits per heavy atom. The van der Waals surface area contributed by atoms with Gasteiger partial charge in [-0.2, -0.15) is 0 Å². The van der Waals surface area contributed by atoms with Crippen LogP contribution in [0.25, 0.3) is 0 Å². The van der Waals surface area contributed by atoms with E-state index in [1.165, 1.54) is 68.5 Å². The molecule has 0 aliphatic carbocycles. The van der Waals surface area contributed by atoms with E-state index in [0.717, 1.165) is 64.6 Å². The lowest BCUT2D eigenvalue weighted by Crippen LogP contribution is -2.22. The summed E-state index contributed by atoms with van der Waals surface area (Å²) in [6.07, 6.45) is 9.93. The molecular formula is C46H50O4. The van der Waals surface area contributed by atoms with Crippen LogP contribution in [-0.2, 0) is 57.8 Å². The quantitative estimate of drug-likeness (QED) is 0.118. The summed E-state index contributed by atoms with van der Waals surface area (Å²) in [7, 11) is 0. The Morgan fingerprint density at radius 1 is 0.360 bits per heavy atom. The molecule has 258 valence electrons. The van der Waals surface area contributed by atoms with Crippen LogP contribution in [0.3, 0.4) is 0 Å². The Morgan fingerprint density at radius 2 is 0.620 bits per heavy atom. The van der Waals surface area contributed by atoms with Crippen molar-refractivity contribution < 1.29 is 18.9 Å². The van der Waals surface area contributed by atoms with Crippen LogP contribution in [0.2, 0.25) is 0 Å². The molecule has 2 saturated heterocycles. The summed E-state index contributed by atoms with van der Waals surface area (Å²) in [6, 6.07) is 44.2. The van der Waals surface area contributed by atoms with Crippen LogP contribution in [0, 0.1) is 0 Å². The second-order valence-electron chi connectivity index (χ2n) is 13.8. The van der Waals surface area contributed by atoms with E-state index in [2.05, 4.69) is 121 Å². The van der Waals surface area contributed by atoms with Gasteiger partial charge in [-0.3, -0.25) is 0 Å². The van der Waals surface area contributed by atoms with Crippen LogP contribution < -0.4 is 0 Å². The standard InChI is InChI=1S/C46H50O4/c1-2-16-36(30-38-18-4-6-20-40(38)32-42-22-8-10-24-44(42)34-50-46-26-12-14-28-48-46)35(15-1)29-37-17-3-5-19-39(37)31-41-21-7-9-23-43(41)33-49-45-25-11-13-27-47-45/h1-10,15-24,45-46H,11-14,25-34H2. The molecule has 0 bridgehead atoms. The monoisotopic (exact) mass is 666 g/mol. The highest BCUT2D eigenvalue weighted by Crippen LogP contribution is 2.27. The van der Waals surface area contributed by atoms with Gasteiger partial charge in [0, 0.05) is 13.2 Å². The SMILES string of the molecule is c1ccc(Cc2ccccc2Cc2ccccc2Cc2ccccc2Cc2ccccc2COC2CCCCO2)c(COC2CCCCO2)c1. The zero-order valence-corrected chi connectivity index (χ0v) is 29.2. The number of hydrogen-bond acceptors (Lipinski definition) is 4. The number of hydrogen-bond donors (Lipinski definition) is 0. The predicted molar refractivity (Wildman–Crippen MR) is 200 cm³/mol. The van der Waals surface area contributed by atoms with Gasteiger partial charge in [-0.1, -0.05) is 121 Å². The van der Waals surface area contributed by atoms with Gasteiger partial charge in [-0.25, -0.2) is 0 Å². The van der Waals surface area contributed by atoms with Gasteiger partial charge in [-0.15, -0.1) is 0 Å². The van der Waals surface area contributed by atoms with E-state index < -0.39 is 0 Å². The van der Waals surface area contributed by atoms with E-state index in [4.69, 9.17) is 18.9 Å². The minimum absolute atomic E-state index is 0.0872. The summed E-state index contributed by atoms with van der Waals surface area (Å²) >= 11 is 0. The van der Waals surface area contributed by atoms with Crippen molar-refractivity contribution in [3.05, 3.63) is 177 Å². The zero-order valence-electron chi connectivity index (χ0n) is 29.2. The van der Waals surface area contributed by atoms with Gasteiger partial charge in [0.1, 0.15) is 0 Å². The number of rotatable bonds is 14. The van der Waals surface area contributed by atoms with Gasteiger partial charge >= 0.3 is 0 Å². The zero-order chi connectivity index (χ0) is 33.8. The summed E-state index contributed by atoms with van der Waals surface area (Å²) in [5.41, 5.74) is 13.3. The second kappa shape index (κ2) is 17.7. The van der Waals surface area contributed by atoms with E-state index in [0.29, 0.717) is 13.2 Å². The molecular weight excluding hydrogens is 617 g/mol. The van der Waals surface area contributed by atoms with Gasteiger partial charge in [0.25, 0.3) is 0 Å². The number of benzene rings is 5. The van der Waals surface area contributed by atoms with Gasteiger partial charge < -0.3 is 18.9 Å². The first-order valence-electron chi connectivity index (χ1n) is 18.6. The molecule has 4 heteroatoms. The average molecular weight is 667 g/mol. The fourth-order valence-electron chi connectivity index (χ4n) is 7.32. The number of ether oxygens (including phenoxy) is 4. The smallest absolute Gasteiger partial charge is 0.158 e. The largest absolute Gasteiger partial charge is 0.353 e. The predicted octanol–water partition coefficient (Wildman–Crippen LogP) is 10.1. The first-order chi connectivity index (χ1) is 24.8. The van der Waals surface area contributed by atoms with Gasteiger partial charge in [0.15, 0.2) is 12.6 Å². The molecule has 0 saturated carbocycles. The highest BCUT2D eigenvalue weighted by molar-refractivity contribution is 5.44. The van der Waals surface area contributed by atoms with E-state index in [1.54, 1.807) is 0 Å². The molecule has 2 unspecified atom stereocenters. The molecule has 0 aromatic heterocycles. The molecule has 5 aromatic carbocycles. The molecule has 50 heavy (non-hydrogen) atoms. The first-order valence-corrected chi connectivity index (χ1v) is 18.6. The second-order valence-corrected chi connectivity index (χ2v) is 13.8. The lowest BCUT2D eigenvalue weighted by atomic mass is 9.89. The van der Waals surface area contributed by atoms with Crippen molar-refractivity contribution in [1.29, 1.82) is 0 Å². The Bertz CT molecular complexity index is 1670. The van der Waals surface area contributed by atoms with E-state index in [1.807, 2.05) is 0 Å². The van der Waals surface area contributed by atoms with Crippen LogP contribution in [0.5, 0.6) is 0 Å². The lowest BCUT2D eigenvalue weighted by molar-refractivity contribution is -0.169. The molecule has 0 spiro atoms. The fraction of sp³-hybridized carbons (Fsp3) is 0.348. The maximum absolute atomic E-state index is 6.20. The van der Waals surface area contributed by atoms with Crippen LogP contribution in [-0.4, -0.2) is 25.8 Å². The van der Waals surface area contributed by atoms with Gasteiger partial charge in [0.05, 0.1) is 13.2 Å². The third-order valence-electron chi connectivity index (χ3n) is 10.2. The molecule has 2 aliphatic rings. The van der Waals surface area contributed by atoms with Crippen molar-refractivity contribution in [2.24, 2.45) is 0 Å². The summed E-state index contributed by atoms with van der Waals surface area (Å²) in [5.74, 6) is 0. The summed E-state index contributed by atoms with van der Waals surface area (Å²) in [6.45, 7) is 2.76. The third kappa shape index (κ3) is 9.38. The van der Waals surface area contributed by atoms with Crippen molar-refractivity contribution in [3.8, 4) is 0 Å². The summed E-state index contributed by atoms with van der Waals surface area (Å²) < 4.78 is 24.1. The Hall–Kier alpha value is -4.06. The molecule has 5 aromatic rings. The van der Waals surface area contributed by atoms with E-state index >= 15 is 0 Å². The minimum Gasteiger partial charge on any atom is -0.353 e. The van der Waals surface area contributed by atoms with Crippen LogP contribution >= 0.6 is 0 Å². The van der Waals surface area contributed by atoms with E-state index in [-0.39, 0.29) is 12.6 Å². The van der Waals surface area contributed by atoms with Crippen molar-refractivity contribution in [2.75, 3.05) is 13.2 Å². The molecule has 7 rings (SSSR count). The maximum atomic E-state index is 6.20. The maximum Gasteiger partial charge on any atom is 0.158 e. The molecule has 4 nitrogen and oxygen atoms in total. The third-order valence-corrected chi connectivity index (χ3v) is 10.2. The summed E-state index contributed by atoms with van der Waals surface area (Å²) in [4.78, 5) is 0. The molecule has 2 fully saturated rings.